The maximum atomic E-state index is 5.28. The zero-order valence-corrected chi connectivity index (χ0v) is 10.7. The average Bonchev–Trinajstić information content (AvgIpc) is 2.50. The Morgan fingerprint density at radius 3 is 2.82 bits per heavy atom. The number of nitrogens with one attached hydrogen (secondary N) is 2. The summed E-state index contributed by atoms with van der Waals surface area (Å²) < 4.78 is 5.28. The van der Waals surface area contributed by atoms with Gasteiger partial charge in [0.15, 0.2) is 0 Å². The zero-order chi connectivity index (χ0) is 11.0. The van der Waals surface area contributed by atoms with Gasteiger partial charge in [0.1, 0.15) is 5.75 Å². The molecule has 92 valence electrons. The third-order valence-electron chi connectivity index (χ3n) is 3.31. The largest absolute Gasteiger partial charge is 0.497 e. The van der Waals surface area contributed by atoms with Crippen molar-refractivity contribution in [2.75, 3.05) is 20.2 Å². The third kappa shape index (κ3) is 2.13. The van der Waals surface area contributed by atoms with Gasteiger partial charge < -0.3 is 15.0 Å². The van der Waals surface area contributed by atoms with Crippen LogP contribution in [0.15, 0.2) is 18.2 Å². The molecule has 2 N–H and O–H groups in total. The summed E-state index contributed by atoms with van der Waals surface area (Å²) in [6.07, 6.45) is 2.19. The van der Waals surface area contributed by atoms with Gasteiger partial charge in [-0.3, -0.25) is 0 Å². The van der Waals surface area contributed by atoms with Crippen LogP contribution in [0.2, 0.25) is 0 Å². The zero-order valence-electron chi connectivity index (χ0n) is 9.88. The van der Waals surface area contributed by atoms with Crippen LogP contribution in [0, 0.1) is 0 Å². The highest BCUT2D eigenvalue weighted by atomic mass is 35.5. The number of hydrogen-bond acceptors (Lipinski definition) is 2. The van der Waals surface area contributed by atoms with E-state index < -0.39 is 0 Å². The van der Waals surface area contributed by atoms with Crippen LogP contribution in [0.3, 0.4) is 0 Å². The summed E-state index contributed by atoms with van der Waals surface area (Å²) in [5.41, 5.74) is 4.07. The first-order valence-electron chi connectivity index (χ1n) is 5.76. The van der Waals surface area contributed by atoms with Crippen LogP contribution in [0.5, 0.6) is 5.75 Å². The Hall–Kier alpha value is -1.19. The van der Waals surface area contributed by atoms with E-state index in [4.69, 9.17) is 4.74 Å². The lowest BCUT2D eigenvalue weighted by Gasteiger charge is -2.01. The number of H-pyrrole nitrogens is 1. The quantitative estimate of drug-likeness (QED) is 0.817. The summed E-state index contributed by atoms with van der Waals surface area (Å²) in [4.78, 5) is 3.51. The van der Waals surface area contributed by atoms with Crippen LogP contribution in [0.4, 0.5) is 0 Å². The van der Waals surface area contributed by atoms with Crippen molar-refractivity contribution in [3.8, 4) is 5.75 Å². The number of fused-ring (bicyclic) bond motifs is 3. The van der Waals surface area contributed by atoms with Crippen molar-refractivity contribution in [1.82, 2.24) is 10.3 Å². The van der Waals surface area contributed by atoms with Crippen LogP contribution < -0.4 is 10.1 Å². The number of hydrogen-bond donors (Lipinski definition) is 2. The Labute approximate surface area is 107 Å². The minimum Gasteiger partial charge on any atom is -0.497 e. The number of aromatic nitrogens is 1. The van der Waals surface area contributed by atoms with Crippen LogP contribution in [-0.4, -0.2) is 25.2 Å². The predicted molar refractivity (Wildman–Crippen MR) is 72.4 cm³/mol. The highest BCUT2D eigenvalue weighted by Gasteiger charge is 2.13. The molecule has 0 radical (unpaired) electrons. The SMILES string of the molecule is COc1ccc2[nH]c3c(c2c1)CCNCC3.Cl. The van der Waals surface area contributed by atoms with Crippen molar-refractivity contribution < 1.29 is 4.74 Å². The van der Waals surface area contributed by atoms with Gasteiger partial charge in [-0.25, -0.2) is 0 Å². The Kier molecular flexibility index (Phi) is 3.60. The van der Waals surface area contributed by atoms with Crippen molar-refractivity contribution >= 4 is 23.3 Å². The molecule has 3 nitrogen and oxygen atoms in total. The molecule has 0 atom stereocenters. The summed E-state index contributed by atoms with van der Waals surface area (Å²) >= 11 is 0. The van der Waals surface area contributed by atoms with Crippen LogP contribution in [-0.2, 0) is 12.8 Å². The molecule has 0 bridgehead atoms. The molecule has 0 saturated carbocycles. The van der Waals surface area contributed by atoms with Crippen molar-refractivity contribution in [2.45, 2.75) is 12.8 Å². The number of ether oxygens (including phenoxy) is 1. The van der Waals surface area contributed by atoms with Crippen molar-refractivity contribution in [3.63, 3.8) is 0 Å². The third-order valence-corrected chi connectivity index (χ3v) is 3.31. The van der Waals surface area contributed by atoms with Crippen LogP contribution in [0.1, 0.15) is 11.3 Å². The van der Waals surface area contributed by atoms with Crippen molar-refractivity contribution in [3.05, 3.63) is 29.5 Å². The van der Waals surface area contributed by atoms with E-state index in [2.05, 4.69) is 22.4 Å². The molecule has 0 aliphatic carbocycles. The van der Waals surface area contributed by atoms with Gasteiger partial charge in [-0.2, -0.15) is 0 Å². The molecule has 1 aliphatic heterocycles. The Bertz CT molecular complexity index is 521. The minimum atomic E-state index is 0. The van der Waals surface area contributed by atoms with E-state index in [9.17, 15) is 0 Å². The lowest BCUT2D eigenvalue weighted by Crippen LogP contribution is -2.16. The molecule has 2 aromatic rings. The Morgan fingerprint density at radius 1 is 1.18 bits per heavy atom. The van der Waals surface area contributed by atoms with Crippen molar-refractivity contribution in [2.24, 2.45) is 0 Å². The summed E-state index contributed by atoms with van der Waals surface area (Å²) in [5.74, 6) is 0.937. The maximum Gasteiger partial charge on any atom is 0.119 e. The minimum absolute atomic E-state index is 0. The molecule has 3 rings (SSSR count). The molecule has 4 heteroatoms. The smallest absolute Gasteiger partial charge is 0.119 e. The molecule has 2 heterocycles. The standard InChI is InChI=1S/C13H16N2O.ClH/c1-16-9-2-3-12-11(8-9)10-4-6-14-7-5-13(10)15-12;/h2-3,8,14-15H,4-7H2,1H3;1H. The Morgan fingerprint density at radius 2 is 2.00 bits per heavy atom. The van der Waals surface area contributed by atoms with E-state index in [0.717, 1.165) is 31.7 Å². The van der Waals surface area contributed by atoms with Gasteiger partial charge in [-0.15, -0.1) is 12.4 Å². The first-order chi connectivity index (χ1) is 7.88. The lowest BCUT2D eigenvalue weighted by molar-refractivity contribution is 0.415. The van der Waals surface area contributed by atoms with E-state index in [1.54, 1.807) is 7.11 Å². The normalized spacial score (nSPS) is 14.9. The highest BCUT2D eigenvalue weighted by Crippen LogP contribution is 2.27. The number of rotatable bonds is 1. The fourth-order valence-corrected chi connectivity index (χ4v) is 2.46. The number of aromatic amines is 1. The topological polar surface area (TPSA) is 37.0 Å². The summed E-state index contributed by atoms with van der Waals surface area (Å²) in [7, 11) is 1.72. The van der Waals surface area contributed by atoms with Crippen LogP contribution >= 0.6 is 12.4 Å². The van der Waals surface area contributed by atoms with E-state index >= 15 is 0 Å². The predicted octanol–water partition coefficient (Wildman–Crippen LogP) is 2.29. The summed E-state index contributed by atoms with van der Waals surface area (Å²) in [5, 5.41) is 4.74. The van der Waals surface area contributed by atoms with Gasteiger partial charge in [0.2, 0.25) is 0 Å². The molecule has 0 saturated heterocycles. The molecule has 1 aromatic carbocycles. The molecular weight excluding hydrogens is 236 g/mol. The van der Waals surface area contributed by atoms with Gasteiger partial charge in [0.05, 0.1) is 7.11 Å². The monoisotopic (exact) mass is 252 g/mol. The molecule has 1 aromatic heterocycles. The summed E-state index contributed by atoms with van der Waals surface area (Å²) in [6, 6.07) is 6.25. The van der Waals surface area contributed by atoms with Gasteiger partial charge in [0, 0.05) is 29.6 Å². The summed E-state index contributed by atoms with van der Waals surface area (Å²) in [6.45, 7) is 2.13. The van der Waals surface area contributed by atoms with Gasteiger partial charge >= 0.3 is 0 Å². The fraction of sp³-hybridized carbons (Fsp3) is 0.385. The van der Waals surface area contributed by atoms with Crippen LogP contribution in [0.25, 0.3) is 10.9 Å². The average molecular weight is 253 g/mol. The second kappa shape index (κ2) is 4.98. The molecule has 1 aliphatic rings. The molecule has 0 fully saturated rings. The van der Waals surface area contributed by atoms with Gasteiger partial charge in [-0.1, -0.05) is 0 Å². The Balaban J connectivity index is 0.00000108. The highest BCUT2D eigenvalue weighted by molar-refractivity contribution is 5.86. The van der Waals surface area contributed by atoms with Gasteiger partial charge in [-0.05, 0) is 36.7 Å². The number of benzene rings is 1. The molecule has 0 unspecified atom stereocenters. The molecule has 0 amide bonds. The first-order valence-corrected chi connectivity index (χ1v) is 5.76. The van der Waals surface area contributed by atoms with Crippen molar-refractivity contribution in [1.29, 1.82) is 0 Å². The lowest BCUT2D eigenvalue weighted by atomic mass is 10.1. The second-order valence-corrected chi connectivity index (χ2v) is 4.24. The molecule has 17 heavy (non-hydrogen) atoms. The second-order valence-electron chi connectivity index (χ2n) is 4.24. The van der Waals surface area contributed by atoms with E-state index in [1.165, 1.54) is 22.2 Å². The number of halogens is 1. The number of methoxy groups -OCH3 is 1. The first kappa shape index (κ1) is 12.3. The van der Waals surface area contributed by atoms with E-state index in [0.29, 0.717) is 0 Å². The maximum absolute atomic E-state index is 5.28. The fourth-order valence-electron chi connectivity index (χ4n) is 2.46. The molecule has 0 spiro atoms. The van der Waals surface area contributed by atoms with E-state index in [-0.39, 0.29) is 12.4 Å². The van der Waals surface area contributed by atoms with E-state index in [1.807, 2.05) is 6.07 Å². The van der Waals surface area contributed by atoms with Gasteiger partial charge in [0.25, 0.3) is 0 Å². The molecular formula is C13H17ClN2O.